The van der Waals surface area contributed by atoms with Crippen LogP contribution in [0.15, 0.2) is 48.5 Å². The van der Waals surface area contributed by atoms with Crippen LogP contribution in [-0.4, -0.2) is 38.6 Å². The Kier molecular flexibility index (Phi) is 5.29. The molecule has 142 valence electrons. The van der Waals surface area contributed by atoms with Crippen LogP contribution in [0.1, 0.15) is 42.9 Å². The molecule has 1 unspecified atom stereocenters. The van der Waals surface area contributed by atoms with E-state index in [1.165, 1.54) is 35.6 Å². The van der Waals surface area contributed by atoms with Crippen molar-refractivity contribution in [2.45, 2.75) is 45.3 Å². The van der Waals surface area contributed by atoms with Crippen LogP contribution in [0.3, 0.4) is 0 Å². The van der Waals surface area contributed by atoms with Crippen LogP contribution in [0.4, 0.5) is 5.69 Å². The van der Waals surface area contributed by atoms with E-state index in [1.54, 1.807) is 0 Å². The second kappa shape index (κ2) is 7.69. The average Bonchev–Trinajstić information content (AvgIpc) is 3.00. The molecule has 0 amide bonds. The molecule has 2 aliphatic heterocycles. The summed E-state index contributed by atoms with van der Waals surface area (Å²) in [6.07, 6.45) is 4.72. The number of unbranched alkanes of at least 4 members (excludes halogenated alkanes) is 1. The standard InChI is InChI=1S/C23H29N2OS/c1-3-4-6-19-9-13-21(14-10-19)25-22-24(15-5-16-27-22)17-23(25,26)20-11-7-18(2)8-12-20/h7-14,26H,3-6,15-17H2,1-2H3/q+1. The van der Waals surface area contributed by atoms with Crippen molar-refractivity contribution in [3.8, 4) is 0 Å². The van der Waals surface area contributed by atoms with Crippen molar-refractivity contribution >= 4 is 22.6 Å². The van der Waals surface area contributed by atoms with E-state index >= 15 is 0 Å². The van der Waals surface area contributed by atoms with E-state index < -0.39 is 5.72 Å². The van der Waals surface area contributed by atoms with Crippen LogP contribution in [0.2, 0.25) is 0 Å². The number of amidine groups is 1. The summed E-state index contributed by atoms with van der Waals surface area (Å²) in [5.41, 5.74) is 3.60. The maximum Gasteiger partial charge on any atom is 0.316 e. The molecule has 27 heavy (non-hydrogen) atoms. The topological polar surface area (TPSA) is 26.5 Å². The normalized spacial score (nSPS) is 22.3. The van der Waals surface area contributed by atoms with Crippen LogP contribution in [0, 0.1) is 6.92 Å². The van der Waals surface area contributed by atoms with Gasteiger partial charge < -0.3 is 5.11 Å². The number of benzene rings is 2. The van der Waals surface area contributed by atoms with E-state index in [0.717, 1.165) is 30.0 Å². The van der Waals surface area contributed by atoms with Crippen molar-refractivity contribution in [1.29, 1.82) is 0 Å². The summed E-state index contributed by atoms with van der Waals surface area (Å²) in [5, 5.41) is 13.0. The Balaban J connectivity index is 1.76. The van der Waals surface area contributed by atoms with Gasteiger partial charge in [-0.05, 0) is 55.6 Å². The summed E-state index contributed by atoms with van der Waals surface area (Å²) in [6.45, 7) is 5.95. The first kappa shape index (κ1) is 18.6. The predicted molar refractivity (Wildman–Crippen MR) is 114 cm³/mol. The van der Waals surface area contributed by atoms with Gasteiger partial charge in [0.2, 0.25) is 0 Å². The minimum Gasteiger partial charge on any atom is -0.346 e. The SMILES string of the molecule is CCCCc1ccc([N+]2=C3SCCCN3CC2(O)c2ccc(C)cc2)cc1. The Morgan fingerprint density at radius 3 is 2.56 bits per heavy atom. The summed E-state index contributed by atoms with van der Waals surface area (Å²) in [5.74, 6) is 1.11. The molecule has 4 heteroatoms. The zero-order chi connectivity index (χ0) is 18.9. The van der Waals surface area contributed by atoms with E-state index in [-0.39, 0.29) is 0 Å². The number of aliphatic hydroxyl groups is 1. The number of thioether (sulfide) groups is 1. The Morgan fingerprint density at radius 2 is 1.85 bits per heavy atom. The summed E-state index contributed by atoms with van der Waals surface area (Å²) >= 11 is 1.86. The second-order valence-corrected chi connectivity index (χ2v) is 8.76. The molecule has 2 aromatic rings. The first-order chi connectivity index (χ1) is 13.1. The van der Waals surface area contributed by atoms with E-state index in [9.17, 15) is 5.11 Å². The van der Waals surface area contributed by atoms with E-state index in [4.69, 9.17) is 0 Å². The second-order valence-electron chi connectivity index (χ2n) is 7.69. The summed E-state index contributed by atoms with van der Waals surface area (Å²) in [7, 11) is 0. The predicted octanol–water partition coefficient (Wildman–Crippen LogP) is 4.64. The quantitative estimate of drug-likeness (QED) is 0.765. The van der Waals surface area contributed by atoms with Gasteiger partial charge in [0, 0.05) is 11.3 Å². The van der Waals surface area contributed by atoms with Gasteiger partial charge in [0.05, 0.1) is 6.54 Å². The molecule has 0 saturated carbocycles. The zero-order valence-electron chi connectivity index (χ0n) is 16.3. The van der Waals surface area contributed by atoms with Crippen LogP contribution in [0.25, 0.3) is 0 Å². The molecule has 1 atom stereocenters. The zero-order valence-corrected chi connectivity index (χ0v) is 17.1. The molecule has 0 bridgehead atoms. The Morgan fingerprint density at radius 1 is 1.11 bits per heavy atom. The van der Waals surface area contributed by atoms with Gasteiger partial charge in [-0.25, -0.2) is 4.90 Å². The van der Waals surface area contributed by atoms with E-state index in [2.05, 4.69) is 71.9 Å². The molecule has 4 rings (SSSR count). The van der Waals surface area contributed by atoms with Gasteiger partial charge >= 0.3 is 5.17 Å². The van der Waals surface area contributed by atoms with Crippen LogP contribution < -0.4 is 0 Å². The fourth-order valence-corrected chi connectivity index (χ4v) is 5.19. The molecule has 2 aromatic carbocycles. The molecule has 0 spiro atoms. The third kappa shape index (κ3) is 3.53. The maximum absolute atomic E-state index is 11.9. The molecule has 0 aromatic heterocycles. The molecular formula is C23H29N2OS+. The van der Waals surface area contributed by atoms with Crippen molar-refractivity contribution in [1.82, 2.24) is 4.90 Å². The van der Waals surface area contributed by atoms with Gasteiger partial charge in [-0.3, -0.25) is 0 Å². The lowest BCUT2D eigenvalue weighted by atomic mass is 10.00. The molecule has 0 aliphatic carbocycles. The van der Waals surface area contributed by atoms with Crippen molar-refractivity contribution in [3.63, 3.8) is 0 Å². The van der Waals surface area contributed by atoms with Crippen molar-refractivity contribution in [2.24, 2.45) is 0 Å². The largest absolute Gasteiger partial charge is 0.346 e. The third-order valence-electron chi connectivity index (χ3n) is 5.57. The highest BCUT2D eigenvalue weighted by molar-refractivity contribution is 8.13. The van der Waals surface area contributed by atoms with Gasteiger partial charge in [0.15, 0.2) is 6.54 Å². The first-order valence-electron chi connectivity index (χ1n) is 10.1. The van der Waals surface area contributed by atoms with Gasteiger partial charge in [0.25, 0.3) is 5.72 Å². The molecule has 1 saturated heterocycles. The smallest absolute Gasteiger partial charge is 0.316 e. The molecule has 0 radical (unpaired) electrons. The number of hydrogen-bond acceptors (Lipinski definition) is 3. The number of nitrogens with zero attached hydrogens (tertiary/aromatic N) is 2. The van der Waals surface area contributed by atoms with Crippen molar-refractivity contribution < 1.29 is 9.68 Å². The molecular weight excluding hydrogens is 352 g/mol. The average molecular weight is 382 g/mol. The molecule has 3 nitrogen and oxygen atoms in total. The molecule has 1 fully saturated rings. The summed E-state index contributed by atoms with van der Waals surface area (Å²) < 4.78 is 2.16. The van der Waals surface area contributed by atoms with Crippen molar-refractivity contribution in [2.75, 3.05) is 18.8 Å². The number of fused-ring (bicyclic) bond motifs is 1. The Labute approximate surface area is 166 Å². The fourth-order valence-electron chi connectivity index (χ4n) is 4.01. The van der Waals surface area contributed by atoms with Crippen LogP contribution in [0.5, 0.6) is 0 Å². The molecule has 2 aliphatic rings. The monoisotopic (exact) mass is 381 g/mol. The van der Waals surface area contributed by atoms with Gasteiger partial charge in [-0.2, -0.15) is 4.58 Å². The van der Waals surface area contributed by atoms with E-state index in [0.29, 0.717) is 6.54 Å². The lowest BCUT2D eigenvalue weighted by molar-refractivity contribution is -0.590. The van der Waals surface area contributed by atoms with Crippen molar-refractivity contribution in [3.05, 3.63) is 65.2 Å². The fraction of sp³-hybridized carbons (Fsp3) is 0.435. The lowest BCUT2D eigenvalue weighted by Gasteiger charge is -2.23. The molecule has 2 heterocycles. The van der Waals surface area contributed by atoms with Gasteiger partial charge in [-0.15, -0.1) is 0 Å². The highest BCUT2D eigenvalue weighted by atomic mass is 32.2. The third-order valence-corrected chi connectivity index (χ3v) is 6.77. The van der Waals surface area contributed by atoms with Gasteiger partial charge in [-0.1, -0.05) is 55.3 Å². The minimum absolute atomic E-state index is 0.621. The number of rotatable bonds is 5. The molecule has 1 N–H and O–H groups in total. The number of hydrogen-bond donors (Lipinski definition) is 1. The maximum atomic E-state index is 11.9. The Bertz CT molecular complexity index is 828. The summed E-state index contributed by atoms with van der Waals surface area (Å²) in [4.78, 5) is 2.35. The minimum atomic E-state index is -1.02. The number of aryl methyl sites for hydroxylation is 2. The van der Waals surface area contributed by atoms with Crippen LogP contribution in [-0.2, 0) is 12.1 Å². The lowest BCUT2D eigenvalue weighted by Crippen LogP contribution is -2.39. The summed E-state index contributed by atoms with van der Waals surface area (Å²) in [6, 6.07) is 17.1. The highest BCUT2D eigenvalue weighted by Crippen LogP contribution is 2.39. The highest BCUT2D eigenvalue weighted by Gasteiger charge is 2.53. The van der Waals surface area contributed by atoms with Crippen LogP contribution >= 0.6 is 11.8 Å². The Hall–Kier alpha value is -1.78. The van der Waals surface area contributed by atoms with E-state index in [1.807, 2.05) is 11.8 Å². The van der Waals surface area contributed by atoms with Gasteiger partial charge in [0.1, 0.15) is 5.69 Å². The first-order valence-corrected chi connectivity index (χ1v) is 11.0.